The van der Waals surface area contributed by atoms with E-state index < -0.39 is 12.0 Å². The molecule has 2 N–H and O–H groups in total. The van der Waals surface area contributed by atoms with Crippen molar-refractivity contribution in [1.82, 2.24) is 4.98 Å². The highest BCUT2D eigenvalue weighted by molar-refractivity contribution is 5.85. The number of aromatic nitrogens is 1. The van der Waals surface area contributed by atoms with Gasteiger partial charge in [0.2, 0.25) is 0 Å². The minimum absolute atomic E-state index is 0. The van der Waals surface area contributed by atoms with Crippen molar-refractivity contribution in [1.29, 1.82) is 0 Å². The molecule has 6 heteroatoms. The Balaban J connectivity index is 0.00000242. The van der Waals surface area contributed by atoms with Crippen LogP contribution in [0.25, 0.3) is 11.3 Å². The third kappa shape index (κ3) is 5.16. The zero-order chi connectivity index (χ0) is 15.2. The molecule has 1 aromatic heterocycles. The number of oxazole rings is 1. The number of benzene rings is 1. The highest BCUT2D eigenvalue weighted by Crippen LogP contribution is 2.20. The summed E-state index contributed by atoms with van der Waals surface area (Å²) in [5, 5.41) is 0. The average molecular weight is 325 g/mol. The van der Waals surface area contributed by atoms with Gasteiger partial charge in [-0.05, 0) is 5.92 Å². The molecule has 0 aliphatic carbocycles. The van der Waals surface area contributed by atoms with E-state index in [2.05, 4.69) is 4.98 Å². The maximum Gasteiger partial charge on any atom is 0.323 e. The molecule has 1 atom stereocenters. The van der Waals surface area contributed by atoms with Crippen molar-refractivity contribution < 1.29 is 13.9 Å². The van der Waals surface area contributed by atoms with Crippen molar-refractivity contribution >= 4 is 18.4 Å². The Kier molecular flexibility index (Phi) is 7.08. The van der Waals surface area contributed by atoms with E-state index in [-0.39, 0.29) is 24.7 Å². The van der Waals surface area contributed by atoms with Gasteiger partial charge in [-0.25, -0.2) is 4.98 Å². The summed E-state index contributed by atoms with van der Waals surface area (Å²) in [6.07, 6.45) is 1.86. The van der Waals surface area contributed by atoms with Crippen LogP contribution >= 0.6 is 12.4 Å². The van der Waals surface area contributed by atoms with Gasteiger partial charge in [-0.1, -0.05) is 44.2 Å². The Morgan fingerprint density at radius 1 is 1.32 bits per heavy atom. The van der Waals surface area contributed by atoms with E-state index >= 15 is 0 Å². The number of nitrogens with zero attached hydrogens (tertiary/aromatic N) is 1. The molecule has 0 fully saturated rings. The van der Waals surface area contributed by atoms with E-state index in [1.54, 1.807) is 6.20 Å². The fraction of sp³-hybridized carbons (Fsp3) is 0.375. The molecular weight excluding hydrogens is 304 g/mol. The largest absolute Gasteiger partial charge is 0.464 e. The predicted molar refractivity (Wildman–Crippen MR) is 86.7 cm³/mol. The van der Waals surface area contributed by atoms with Crippen LogP contribution < -0.4 is 5.73 Å². The topological polar surface area (TPSA) is 78.4 Å². The number of hydrogen-bond donors (Lipinski definition) is 1. The number of halogens is 1. The number of carbonyl (C=O) groups excluding carboxylic acids is 1. The molecule has 0 aliphatic heterocycles. The van der Waals surface area contributed by atoms with Gasteiger partial charge in [-0.3, -0.25) is 4.79 Å². The van der Waals surface area contributed by atoms with E-state index in [0.717, 1.165) is 5.56 Å². The number of hydrogen-bond acceptors (Lipinski definition) is 5. The van der Waals surface area contributed by atoms with Gasteiger partial charge in [0.1, 0.15) is 6.04 Å². The van der Waals surface area contributed by atoms with Crippen molar-refractivity contribution in [2.45, 2.75) is 26.3 Å². The second kappa shape index (κ2) is 8.56. The molecule has 0 unspecified atom stereocenters. The van der Waals surface area contributed by atoms with Crippen LogP contribution in [0.5, 0.6) is 0 Å². The normalized spacial score (nSPS) is 11.8. The van der Waals surface area contributed by atoms with E-state index in [1.807, 2.05) is 44.2 Å². The van der Waals surface area contributed by atoms with Crippen molar-refractivity contribution in [2.24, 2.45) is 11.7 Å². The molecule has 2 rings (SSSR count). The predicted octanol–water partition coefficient (Wildman–Crippen LogP) is 2.83. The highest BCUT2D eigenvalue weighted by Gasteiger charge is 2.19. The van der Waals surface area contributed by atoms with Gasteiger partial charge >= 0.3 is 5.97 Å². The van der Waals surface area contributed by atoms with Gasteiger partial charge in [-0.2, -0.15) is 0 Å². The summed E-state index contributed by atoms with van der Waals surface area (Å²) in [5.41, 5.74) is 6.75. The molecule has 0 radical (unpaired) electrons. The summed E-state index contributed by atoms with van der Waals surface area (Å²) in [6, 6.07) is 8.88. The lowest BCUT2D eigenvalue weighted by molar-refractivity contribution is -0.146. The zero-order valence-electron chi connectivity index (χ0n) is 12.7. The van der Waals surface area contributed by atoms with E-state index in [0.29, 0.717) is 18.3 Å². The average Bonchev–Trinajstić information content (AvgIpc) is 2.94. The van der Waals surface area contributed by atoms with Crippen molar-refractivity contribution in [2.75, 3.05) is 6.61 Å². The lowest BCUT2D eigenvalue weighted by Crippen LogP contribution is -2.35. The third-order valence-corrected chi connectivity index (χ3v) is 2.87. The Labute approximate surface area is 136 Å². The monoisotopic (exact) mass is 324 g/mol. The first-order valence-electron chi connectivity index (χ1n) is 6.98. The van der Waals surface area contributed by atoms with Crippen LogP contribution in [0.3, 0.4) is 0 Å². The summed E-state index contributed by atoms with van der Waals surface area (Å²) in [6.45, 7) is 4.31. The third-order valence-electron chi connectivity index (χ3n) is 2.87. The van der Waals surface area contributed by atoms with Crippen molar-refractivity contribution in [3.63, 3.8) is 0 Å². The minimum Gasteiger partial charge on any atom is -0.464 e. The summed E-state index contributed by atoms with van der Waals surface area (Å²) in [5.74, 6) is 0.951. The molecule has 0 spiro atoms. The first-order valence-corrected chi connectivity index (χ1v) is 6.98. The van der Waals surface area contributed by atoms with Crippen LogP contribution in [0, 0.1) is 5.92 Å². The Morgan fingerprint density at radius 2 is 2.00 bits per heavy atom. The lowest BCUT2D eigenvalue weighted by atomic mass is 10.2. The van der Waals surface area contributed by atoms with Crippen LogP contribution in [-0.4, -0.2) is 23.6 Å². The first-order chi connectivity index (χ1) is 10.1. The van der Waals surface area contributed by atoms with Crippen molar-refractivity contribution in [3.8, 4) is 11.3 Å². The molecule has 5 nitrogen and oxygen atoms in total. The van der Waals surface area contributed by atoms with Crippen LogP contribution in [0.4, 0.5) is 0 Å². The lowest BCUT2D eigenvalue weighted by Gasteiger charge is -2.11. The van der Waals surface area contributed by atoms with Crippen molar-refractivity contribution in [3.05, 3.63) is 42.4 Å². The molecule has 120 valence electrons. The van der Waals surface area contributed by atoms with Gasteiger partial charge in [0.15, 0.2) is 11.7 Å². The Hall–Kier alpha value is -1.85. The molecule has 1 heterocycles. The minimum atomic E-state index is -0.758. The van der Waals surface area contributed by atoms with Gasteiger partial charge < -0.3 is 14.9 Å². The van der Waals surface area contributed by atoms with Crippen LogP contribution in [0.2, 0.25) is 0 Å². The number of ether oxygens (including phenoxy) is 1. The summed E-state index contributed by atoms with van der Waals surface area (Å²) < 4.78 is 10.7. The molecule has 1 aromatic carbocycles. The Morgan fingerprint density at radius 3 is 2.64 bits per heavy atom. The molecule has 0 amide bonds. The second-order valence-corrected chi connectivity index (χ2v) is 5.32. The number of esters is 1. The molecular formula is C16H21ClN2O3. The van der Waals surface area contributed by atoms with Gasteiger partial charge in [-0.15, -0.1) is 12.4 Å². The molecule has 2 aromatic rings. The van der Waals surface area contributed by atoms with Crippen LogP contribution in [-0.2, 0) is 16.0 Å². The number of carbonyl (C=O) groups is 1. The fourth-order valence-electron chi connectivity index (χ4n) is 1.77. The zero-order valence-corrected chi connectivity index (χ0v) is 13.5. The maximum absolute atomic E-state index is 11.7. The standard InChI is InChI=1S/C16H20N2O3.ClH/c1-11(2)10-20-16(19)13(17)8-15-18-9-14(21-15)12-6-4-3-5-7-12;/h3-7,9,11,13H,8,10,17H2,1-2H3;1H/t13-;/m0./s1. The second-order valence-electron chi connectivity index (χ2n) is 5.32. The van der Waals surface area contributed by atoms with Gasteiger partial charge in [0.05, 0.1) is 19.2 Å². The van der Waals surface area contributed by atoms with Gasteiger partial charge in [0.25, 0.3) is 0 Å². The van der Waals surface area contributed by atoms with Gasteiger partial charge in [0, 0.05) is 5.56 Å². The van der Waals surface area contributed by atoms with Crippen LogP contribution in [0.1, 0.15) is 19.7 Å². The molecule has 0 saturated carbocycles. The maximum atomic E-state index is 11.7. The smallest absolute Gasteiger partial charge is 0.323 e. The van der Waals surface area contributed by atoms with E-state index in [4.69, 9.17) is 14.9 Å². The quantitative estimate of drug-likeness (QED) is 0.827. The number of rotatable bonds is 6. The summed E-state index contributed by atoms with van der Waals surface area (Å²) in [4.78, 5) is 15.9. The van der Waals surface area contributed by atoms with Crippen LogP contribution in [0.15, 0.2) is 40.9 Å². The molecule has 0 bridgehead atoms. The van der Waals surface area contributed by atoms with E-state index in [9.17, 15) is 4.79 Å². The highest BCUT2D eigenvalue weighted by atomic mass is 35.5. The Bertz CT molecular complexity index is 584. The fourth-order valence-corrected chi connectivity index (χ4v) is 1.77. The molecule has 22 heavy (non-hydrogen) atoms. The molecule has 0 saturated heterocycles. The number of nitrogens with two attached hydrogens (primary N) is 1. The first kappa shape index (κ1) is 18.2. The summed E-state index contributed by atoms with van der Waals surface area (Å²) >= 11 is 0. The molecule has 0 aliphatic rings. The summed E-state index contributed by atoms with van der Waals surface area (Å²) in [7, 11) is 0. The SMILES string of the molecule is CC(C)COC(=O)[C@@H](N)Cc1ncc(-c2ccccc2)o1.Cl. The van der Waals surface area contributed by atoms with E-state index in [1.165, 1.54) is 0 Å².